The average Bonchev–Trinajstić information content (AvgIpc) is 2.97. The number of aldehydes is 1. The van der Waals surface area contributed by atoms with Crippen LogP contribution in [-0.2, 0) is 16.3 Å². The molecular formula is C20H27NO3. The molecule has 0 spiro atoms. The van der Waals surface area contributed by atoms with E-state index in [9.17, 15) is 9.59 Å². The van der Waals surface area contributed by atoms with Crippen molar-refractivity contribution in [2.24, 2.45) is 0 Å². The van der Waals surface area contributed by atoms with Crippen LogP contribution in [0.1, 0.15) is 68.6 Å². The summed E-state index contributed by atoms with van der Waals surface area (Å²) >= 11 is 0. The van der Waals surface area contributed by atoms with E-state index in [4.69, 9.17) is 4.74 Å². The van der Waals surface area contributed by atoms with E-state index in [1.54, 1.807) is 6.20 Å². The highest BCUT2D eigenvalue weighted by Gasteiger charge is 2.09. The lowest BCUT2D eigenvalue weighted by atomic mass is 10.1. The van der Waals surface area contributed by atoms with E-state index >= 15 is 0 Å². The van der Waals surface area contributed by atoms with Gasteiger partial charge in [0.1, 0.15) is 0 Å². The van der Waals surface area contributed by atoms with Gasteiger partial charge in [0.15, 0.2) is 13.0 Å². The summed E-state index contributed by atoms with van der Waals surface area (Å²) in [5.74, 6) is -0.172. The number of nitrogens with zero attached hydrogens (tertiary/aromatic N) is 1. The van der Waals surface area contributed by atoms with Gasteiger partial charge in [0.2, 0.25) is 0 Å². The zero-order valence-corrected chi connectivity index (χ0v) is 14.5. The SMILES string of the molecule is CCCCCCCCCC(=O)OCn1cc(C=O)c2ccccc21. The van der Waals surface area contributed by atoms with Gasteiger partial charge in [0.05, 0.1) is 5.52 Å². The second-order valence-electron chi connectivity index (χ2n) is 6.21. The molecule has 0 fully saturated rings. The lowest BCUT2D eigenvalue weighted by Gasteiger charge is -2.07. The molecule has 0 saturated heterocycles. The van der Waals surface area contributed by atoms with Crippen molar-refractivity contribution < 1.29 is 14.3 Å². The molecule has 0 aliphatic carbocycles. The quantitative estimate of drug-likeness (QED) is 0.327. The fourth-order valence-electron chi connectivity index (χ4n) is 2.92. The zero-order valence-electron chi connectivity index (χ0n) is 14.5. The number of hydrogen-bond donors (Lipinski definition) is 0. The Morgan fingerprint density at radius 2 is 1.79 bits per heavy atom. The maximum absolute atomic E-state index is 11.9. The zero-order chi connectivity index (χ0) is 17.2. The molecule has 1 heterocycles. The Morgan fingerprint density at radius 3 is 2.54 bits per heavy atom. The van der Waals surface area contributed by atoms with E-state index in [1.807, 2.05) is 28.8 Å². The molecule has 24 heavy (non-hydrogen) atoms. The molecule has 130 valence electrons. The Morgan fingerprint density at radius 1 is 1.08 bits per heavy atom. The predicted octanol–water partition coefficient (Wildman–Crippen LogP) is 5.10. The van der Waals surface area contributed by atoms with Crippen molar-refractivity contribution in [3.05, 3.63) is 36.0 Å². The van der Waals surface area contributed by atoms with Crippen molar-refractivity contribution in [3.8, 4) is 0 Å². The number of rotatable bonds is 11. The van der Waals surface area contributed by atoms with Gasteiger partial charge in [-0.1, -0.05) is 63.6 Å². The van der Waals surface area contributed by atoms with Gasteiger partial charge in [-0.05, 0) is 12.5 Å². The fourth-order valence-corrected chi connectivity index (χ4v) is 2.92. The molecule has 0 radical (unpaired) electrons. The average molecular weight is 329 g/mol. The van der Waals surface area contributed by atoms with Gasteiger partial charge in [-0.2, -0.15) is 0 Å². The molecule has 0 unspecified atom stereocenters. The summed E-state index contributed by atoms with van der Waals surface area (Å²) in [5.41, 5.74) is 1.53. The first-order valence-corrected chi connectivity index (χ1v) is 8.95. The molecule has 4 heteroatoms. The number of aromatic nitrogens is 1. The number of benzene rings is 1. The molecule has 0 aliphatic heterocycles. The van der Waals surface area contributed by atoms with Crippen LogP contribution < -0.4 is 0 Å². The molecule has 0 amide bonds. The monoisotopic (exact) mass is 329 g/mol. The number of esters is 1. The van der Waals surface area contributed by atoms with Crippen LogP contribution in [0, 0.1) is 0 Å². The van der Waals surface area contributed by atoms with Crippen LogP contribution in [0.3, 0.4) is 0 Å². The highest BCUT2D eigenvalue weighted by Crippen LogP contribution is 2.20. The minimum atomic E-state index is -0.172. The highest BCUT2D eigenvalue weighted by atomic mass is 16.5. The molecule has 0 N–H and O–H groups in total. The van der Waals surface area contributed by atoms with Crippen molar-refractivity contribution in [2.75, 3.05) is 0 Å². The number of ether oxygens (including phenoxy) is 1. The Kier molecular flexibility index (Phi) is 7.53. The summed E-state index contributed by atoms with van der Waals surface area (Å²) in [4.78, 5) is 23.0. The molecule has 0 bridgehead atoms. The normalized spacial score (nSPS) is 10.9. The first kappa shape index (κ1) is 18.2. The number of carbonyl (C=O) groups excluding carboxylic acids is 2. The van der Waals surface area contributed by atoms with Gasteiger partial charge in [-0.25, -0.2) is 0 Å². The number of fused-ring (bicyclic) bond motifs is 1. The van der Waals surface area contributed by atoms with E-state index in [1.165, 1.54) is 32.1 Å². The molecule has 2 aromatic rings. The maximum Gasteiger partial charge on any atom is 0.307 e. The van der Waals surface area contributed by atoms with Crippen LogP contribution in [0.4, 0.5) is 0 Å². The van der Waals surface area contributed by atoms with Gasteiger partial charge in [0, 0.05) is 23.6 Å². The summed E-state index contributed by atoms with van der Waals surface area (Å²) in [6, 6.07) is 7.63. The summed E-state index contributed by atoms with van der Waals surface area (Å²) in [6.45, 7) is 2.37. The molecule has 2 rings (SSSR count). The molecular weight excluding hydrogens is 302 g/mol. The van der Waals surface area contributed by atoms with E-state index in [-0.39, 0.29) is 12.7 Å². The Bertz CT molecular complexity index is 660. The Labute approximate surface area is 143 Å². The smallest absolute Gasteiger partial charge is 0.307 e. The molecule has 1 aromatic heterocycles. The fraction of sp³-hybridized carbons (Fsp3) is 0.500. The largest absolute Gasteiger partial charge is 0.444 e. The van der Waals surface area contributed by atoms with E-state index < -0.39 is 0 Å². The summed E-state index contributed by atoms with van der Waals surface area (Å²) in [6.07, 6.45) is 11.3. The molecule has 0 saturated carbocycles. The number of unbranched alkanes of at least 4 members (excludes halogenated alkanes) is 6. The number of hydrogen-bond acceptors (Lipinski definition) is 3. The van der Waals surface area contributed by atoms with Gasteiger partial charge in [-0.3, -0.25) is 9.59 Å². The van der Waals surface area contributed by atoms with Crippen molar-refractivity contribution >= 4 is 23.2 Å². The van der Waals surface area contributed by atoms with E-state index in [0.29, 0.717) is 12.0 Å². The van der Waals surface area contributed by atoms with Crippen molar-refractivity contribution in [1.82, 2.24) is 4.57 Å². The van der Waals surface area contributed by atoms with Crippen LogP contribution in [-0.4, -0.2) is 16.8 Å². The molecule has 4 nitrogen and oxygen atoms in total. The maximum atomic E-state index is 11.9. The minimum absolute atomic E-state index is 0.156. The summed E-state index contributed by atoms with van der Waals surface area (Å²) in [7, 11) is 0. The second kappa shape index (κ2) is 9.91. The van der Waals surface area contributed by atoms with Crippen molar-refractivity contribution in [3.63, 3.8) is 0 Å². The molecule has 0 atom stereocenters. The van der Waals surface area contributed by atoms with Gasteiger partial charge >= 0.3 is 5.97 Å². The van der Waals surface area contributed by atoms with Crippen molar-refractivity contribution in [2.45, 2.75) is 65.0 Å². The minimum Gasteiger partial charge on any atom is -0.444 e. The van der Waals surface area contributed by atoms with Crippen LogP contribution in [0.2, 0.25) is 0 Å². The van der Waals surface area contributed by atoms with Crippen LogP contribution in [0.25, 0.3) is 10.9 Å². The van der Waals surface area contributed by atoms with E-state index in [2.05, 4.69) is 6.92 Å². The van der Waals surface area contributed by atoms with Gasteiger partial charge < -0.3 is 9.30 Å². The third-order valence-electron chi connectivity index (χ3n) is 4.30. The summed E-state index contributed by atoms with van der Waals surface area (Å²) < 4.78 is 7.15. The molecule has 0 aliphatic rings. The van der Waals surface area contributed by atoms with Crippen LogP contribution in [0.15, 0.2) is 30.5 Å². The summed E-state index contributed by atoms with van der Waals surface area (Å²) in [5, 5.41) is 0.885. The second-order valence-corrected chi connectivity index (χ2v) is 6.21. The van der Waals surface area contributed by atoms with Crippen molar-refractivity contribution in [1.29, 1.82) is 0 Å². The number of carbonyl (C=O) groups is 2. The first-order valence-electron chi connectivity index (χ1n) is 8.95. The Balaban J connectivity index is 1.73. The lowest BCUT2D eigenvalue weighted by Crippen LogP contribution is -2.08. The third kappa shape index (κ3) is 5.22. The van der Waals surface area contributed by atoms with E-state index in [0.717, 1.165) is 30.0 Å². The first-order chi connectivity index (χ1) is 11.8. The lowest BCUT2D eigenvalue weighted by molar-refractivity contribution is -0.147. The van der Waals surface area contributed by atoms with Gasteiger partial charge in [-0.15, -0.1) is 0 Å². The standard InChI is InChI=1S/C20H27NO3/c1-2-3-4-5-6-7-8-13-20(23)24-16-21-14-17(15-22)18-11-9-10-12-19(18)21/h9-12,14-15H,2-8,13,16H2,1H3. The Hall–Kier alpha value is -2.10. The van der Waals surface area contributed by atoms with Crippen LogP contribution >= 0.6 is 0 Å². The molecule has 1 aromatic carbocycles. The third-order valence-corrected chi connectivity index (χ3v) is 4.30. The number of para-hydroxylation sites is 1. The predicted molar refractivity (Wildman–Crippen MR) is 96.0 cm³/mol. The van der Waals surface area contributed by atoms with Crippen LogP contribution in [0.5, 0.6) is 0 Å². The van der Waals surface area contributed by atoms with Gasteiger partial charge in [0.25, 0.3) is 0 Å². The highest BCUT2D eigenvalue weighted by molar-refractivity contribution is 5.97. The topological polar surface area (TPSA) is 48.3 Å².